The lowest BCUT2D eigenvalue weighted by molar-refractivity contribution is -0.135. The Labute approximate surface area is 179 Å². The summed E-state index contributed by atoms with van der Waals surface area (Å²) in [6, 6.07) is -0.0141. The zero-order valence-electron chi connectivity index (χ0n) is 18.2. The van der Waals surface area contributed by atoms with E-state index in [9.17, 15) is 4.79 Å². The van der Waals surface area contributed by atoms with Crippen LogP contribution in [0.25, 0.3) is 0 Å². The van der Waals surface area contributed by atoms with Gasteiger partial charge in [0.25, 0.3) is 0 Å². The van der Waals surface area contributed by atoms with E-state index in [0.29, 0.717) is 5.91 Å². The molecule has 0 aliphatic carbocycles. The average molecular weight is 421 g/mol. The molecule has 1 aromatic heterocycles. The third kappa shape index (κ3) is 6.15. The lowest BCUT2D eigenvalue weighted by atomic mass is 10.2. The second kappa shape index (κ2) is 10.9. The van der Waals surface area contributed by atoms with Gasteiger partial charge in [-0.25, -0.2) is 4.98 Å². The molecule has 7 nitrogen and oxygen atoms in total. The highest BCUT2D eigenvalue weighted by molar-refractivity contribution is 7.09. The fourth-order valence-corrected chi connectivity index (χ4v) is 4.95. The number of aryl methyl sites for hydroxylation is 2. The maximum absolute atomic E-state index is 12.7. The molecule has 0 spiro atoms. The van der Waals surface area contributed by atoms with Gasteiger partial charge in [0, 0.05) is 63.9 Å². The molecule has 1 N–H and O–H groups in total. The topological polar surface area (TPSA) is 64.1 Å². The van der Waals surface area contributed by atoms with Gasteiger partial charge in [-0.1, -0.05) is 0 Å². The monoisotopic (exact) mass is 420 g/mol. The molecule has 29 heavy (non-hydrogen) atoms. The number of unbranched alkanes of at least 4 members (excludes halogenated alkanes) is 1. The number of aromatic nitrogens is 1. The first-order chi connectivity index (χ1) is 14.1. The van der Waals surface area contributed by atoms with Crippen LogP contribution in [-0.4, -0.2) is 90.5 Å². The molecule has 8 heteroatoms. The number of thiazole rings is 1. The molecule has 2 aliphatic heterocycles. The smallest absolute Gasteiger partial charge is 0.239 e. The van der Waals surface area contributed by atoms with Crippen molar-refractivity contribution in [1.82, 2.24) is 25.0 Å². The molecule has 2 aliphatic rings. The van der Waals surface area contributed by atoms with Gasteiger partial charge < -0.3 is 15.1 Å². The Hall–Kier alpha value is -1.67. The van der Waals surface area contributed by atoms with Crippen LogP contribution in [0.3, 0.4) is 0 Å². The summed E-state index contributed by atoms with van der Waals surface area (Å²) in [7, 11) is 1.85. The molecule has 3 heterocycles. The van der Waals surface area contributed by atoms with Crippen molar-refractivity contribution in [2.45, 2.75) is 52.0 Å². The molecule has 162 valence electrons. The molecule has 2 fully saturated rings. The first-order valence-electron chi connectivity index (χ1n) is 11.0. The number of hydrogen-bond donors (Lipinski definition) is 1. The zero-order chi connectivity index (χ0) is 20.6. The van der Waals surface area contributed by atoms with Crippen LogP contribution in [0.4, 0.5) is 0 Å². The third-order valence-corrected chi connectivity index (χ3v) is 6.94. The molecule has 0 radical (unpaired) electrons. The largest absolute Gasteiger partial charge is 0.356 e. The number of guanidine groups is 1. The number of likely N-dealkylation sites (tertiary alicyclic amines) is 1. The van der Waals surface area contributed by atoms with Gasteiger partial charge in [-0.2, -0.15) is 0 Å². The molecule has 0 bridgehead atoms. The van der Waals surface area contributed by atoms with E-state index in [1.54, 1.807) is 11.3 Å². The van der Waals surface area contributed by atoms with E-state index in [-0.39, 0.29) is 6.04 Å². The van der Waals surface area contributed by atoms with Crippen LogP contribution in [0, 0.1) is 6.92 Å². The number of piperazine rings is 1. The molecule has 1 atom stereocenters. The molecule has 0 saturated carbocycles. The van der Waals surface area contributed by atoms with Crippen molar-refractivity contribution < 1.29 is 4.79 Å². The minimum Gasteiger partial charge on any atom is -0.356 e. The second-order valence-corrected chi connectivity index (χ2v) is 8.99. The summed E-state index contributed by atoms with van der Waals surface area (Å²) < 4.78 is 0. The van der Waals surface area contributed by atoms with Gasteiger partial charge in [-0.15, -0.1) is 11.3 Å². The van der Waals surface area contributed by atoms with Crippen LogP contribution in [0.15, 0.2) is 10.4 Å². The number of nitrogens with zero attached hydrogens (tertiary/aromatic N) is 5. The first kappa shape index (κ1) is 22.0. The van der Waals surface area contributed by atoms with Crippen LogP contribution >= 0.6 is 11.3 Å². The normalized spacial score (nSPS) is 19.6. The summed E-state index contributed by atoms with van der Waals surface area (Å²) in [5.74, 6) is 1.28. The zero-order valence-corrected chi connectivity index (χ0v) is 19.0. The van der Waals surface area contributed by atoms with E-state index >= 15 is 0 Å². The molecule has 3 rings (SSSR count). The van der Waals surface area contributed by atoms with Crippen molar-refractivity contribution in [3.05, 3.63) is 16.1 Å². The Morgan fingerprint density at radius 3 is 2.52 bits per heavy atom. The van der Waals surface area contributed by atoms with Gasteiger partial charge in [0.1, 0.15) is 0 Å². The van der Waals surface area contributed by atoms with Crippen LogP contribution in [0.1, 0.15) is 43.3 Å². The van der Waals surface area contributed by atoms with Crippen LogP contribution in [0.2, 0.25) is 0 Å². The van der Waals surface area contributed by atoms with Crippen molar-refractivity contribution in [1.29, 1.82) is 0 Å². The summed E-state index contributed by atoms with van der Waals surface area (Å²) in [5.41, 5.74) is 1.12. The number of rotatable bonds is 7. The average Bonchev–Trinajstić information content (AvgIpc) is 3.42. The van der Waals surface area contributed by atoms with Gasteiger partial charge in [-0.05, 0) is 46.0 Å². The fraction of sp³-hybridized carbons (Fsp3) is 0.762. The predicted molar refractivity (Wildman–Crippen MR) is 120 cm³/mol. The Bertz CT molecular complexity index is 676. The van der Waals surface area contributed by atoms with Gasteiger partial charge in [0.15, 0.2) is 5.96 Å². The SMILES string of the molecule is CN=C(NCCCCc1nc(C)cs1)N1CCN(C(C)C(=O)N2CCCC2)CC1. The van der Waals surface area contributed by atoms with E-state index in [1.165, 1.54) is 5.01 Å². The summed E-state index contributed by atoms with van der Waals surface area (Å²) >= 11 is 1.76. The molecule has 1 aromatic rings. The molecular formula is C21H36N6OS. The highest BCUT2D eigenvalue weighted by Crippen LogP contribution is 2.14. The summed E-state index contributed by atoms with van der Waals surface area (Å²) in [4.78, 5) is 28.3. The summed E-state index contributed by atoms with van der Waals surface area (Å²) in [6.07, 6.45) is 5.61. The van der Waals surface area contributed by atoms with Crippen LogP contribution in [0.5, 0.6) is 0 Å². The van der Waals surface area contributed by atoms with E-state index in [1.807, 2.05) is 18.9 Å². The maximum Gasteiger partial charge on any atom is 0.239 e. The van der Waals surface area contributed by atoms with Crippen molar-refractivity contribution in [3.8, 4) is 0 Å². The van der Waals surface area contributed by atoms with Crippen molar-refractivity contribution in [3.63, 3.8) is 0 Å². The number of carbonyl (C=O) groups excluding carboxylic acids is 1. The van der Waals surface area contributed by atoms with E-state index < -0.39 is 0 Å². The van der Waals surface area contributed by atoms with E-state index in [0.717, 1.165) is 89.6 Å². The summed E-state index contributed by atoms with van der Waals surface area (Å²) in [5, 5.41) is 6.86. The molecular weight excluding hydrogens is 384 g/mol. The van der Waals surface area contributed by atoms with Gasteiger partial charge in [0.05, 0.1) is 11.0 Å². The Kier molecular flexibility index (Phi) is 8.29. The fourth-order valence-electron chi connectivity index (χ4n) is 4.13. The lowest BCUT2D eigenvalue weighted by Crippen LogP contribution is -2.57. The Morgan fingerprint density at radius 1 is 1.17 bits per heavy atom. The van der Waals surface area contributed by atoms with Gasteiger partial charge in [0.2, 0.25) is 5.91 Å². The minimum absolute atomic E-state index is 0.0141. The Morgan fingerprint density at radius 2 is 1.90 bits per heavy atom. The number of hydrogen-bond acceptors (Lipinski definition) is 5. The first-order valence-corrected chi connectivity index (χ1v) is 11.9. The standard InChI is InChI=1S/C21H36N6OS/c1-17-16-29-19(24-17)8-4-5-9-23-21(22-3)27-14-12-25(13-15-27)18(2)20(28)26-10-6-7-11-26/h16,18H,4-15H2,1-3H3,(H,22,23). The van der Waals surface area contributed by atoms with Crippen LogP contribution < -0.4 is 5.32 Å². The van der Waals surface area contributed by atoms with Gasteiger partial charge in [-0.3, -0.25) is 14.7 Å². The number of nitrogens with one attached hydrogen (secondary N) is 1. The van der Waals surface area contributed by atoms with Crippen LogP contribution in [-0.2, 0) is 11.2 Å². The minimum atomic E-state index is -0.0141. The molecule has 1 unspecified atom stereocenters. The summed E-state index contributed by atoms with van der Waals surface area (Å²) in [6.45, 7) is 10.5. The van der Waals surface area contributed by atoms with E-state index in [2.05, 4.69) is 37.4 Å². The van der Waals surface area contributed by atoms with Gasteiger partial charge >= 0.3 is 0 Å². The highest BCUT2D eigenvalue weighted by Gasteiger charge is 2.30. The second-order valence-electron chi connectivity index (χ2n) is 8.05. The lowest BCUT2D eigenvalue weighted by Gasteiger charge is -2.39. The highest BCUT2D eigenvalue weighted by atomic mass is 32.1. The van der Waals surface area contributed by atoms with Crippen molar-refractivity contribution in [2.24, 2.45) is 4.99 Å². The molecule has 1 amide bonds. The van der Waals surface area contributed by atoms with Crippen molar-refractivity contribution in [2.75, 3.05) is 52.9 Å². The molecule has 2 saturated heterocycles. The van der Waals surface area contributed by atoms with Crippen molar-refractivity contribution >= 4 is 23.2 Å². The number of aliphatic imine (C=N–C) groups is 1. The number of carbonyl (C=O) groups is 1. The number of amides is 1. The quantitative estimate of drug-likeness (QED) is 0.415. The third-order valence-electron chi connectivity index (χ3n) is 5.92. The predicted octanol–water partition coefficient (Wildman–Crippen LogP) is 1.98. The van der Waals surface area contributed by atoms with E-state index in [4.69, 9.17) is 0 Å². The Balaban J connectivity index is 1.35. The maximum atomic E-state index is 12.7. The molecule has 0 aromatic carbocycles.